The Kier molecular flexibility index (Phi) is 6.01. The number of ketones is 1. The van der Waals surface area contributed by atoms with Crippen LogP contribution in [0.3, 0.4) is 0 Å². The molecular formula is C23H26N2O4. The second-order valence-electron chi connectivity index (χ2n) is 7.48. The molecule has 29 heavy (non-hydrogen) atoms. The number of rotatable bonds is 8. The molecule has 1 aliphatic heterocycles. The summed E-state index contributed by atoms with van der Waals surface area (Å²) in [5.41, 5.74) is 1.64. The molecule has 6 heteroatoms. The fraction of sp³-hybridized carbons (Fsp3) is 0.348. The molecule has 2 aromatic carbocycles. The summed E-state index contributed by atoms with van der Waals surface area (Å²) in [7, 11) is 1.61. The maximum absolute atomic E-state index is 12.9. The smallest absolute Gasteiger partial charge is 0.325 e. The van der Waals surface area contributed by atoms with Crippen molar-refractivity contribution in [1.29, 1.82) is 0 Å². The third-order valence-corrected chi connectivity index (χ3v) is 5.40. The number of urea groups is 1. The van der Waals surface area contributed by atoms with Crippen LogP contribution in [-0.2, 0) is 17.6 Å². The maximum atomic E-state index is 12.9. The first-order valence-corrected chi connectivity index (χ1v) is 9.75. The molecule has 1 aliphatic rings. The van der Waals surface area contributed by atoms with Crippen LogP contribution in [-0.4, -0.2) is 41.8 Å². The lowest BCUT2D eigenvalue weighted by Gasteiger charge is -2.21. The minimum Gasteiger partial charge on any atom is -0.497 e. The van der Waals surface area contributed by atoms with Gasteiger partial charge in [0.15, 0.2) is 5.78 Å². The van der Waals surface area contributed by atoms with Crippen molar-refractivity contribution in [3.05, 3.63) is 65.2 Å². The van der Waals surface area contributed by atoms with E-state index >= 15 is 0 Å². The number of amides is 3. The number of carbonyl (C=O) groups excluding carboxylic acids is 3. The van der Waals surface area contributed by atoms with Crippen molar-refractivity contribution in [3.8, 4) is 5.75 Å². The first-order chi connectivity index (χ1) is 13.9. The lowest BCUT2D eigenvalue weighted by molar-refractivity contribution is -0.130. The van der Waals surface area contributed by atoms with E-state index in [1.807, 2.05) is 43.3 Å². The first kappa shape index (κ1) is 20.6. The summed E-state index contributed by atoms with van der Waals surface area (Å²) >= 11 is 0. The Morgan fingerprint density at radius 2 is 1.66 bits per heavy atom. The molecule has 1 saturated heterocycles. The third-order valence-electron chi connectivity index (χ3n) is 5.40. The summed E-state index contributed by atoms with van der Waals surface area (Å²) < 4.78 is 5.15. The van der Waals surface area contributed by atoms with Crippen LogP contribution in [0.15, 0.2) is 48.5 Å². The van der Waals surface area contributed by atoms with Gasteiger partial charge in [0.25, 0.3) is 5.91 Å². The molecule has 1 N–H and O–H groups in total. The Morgan fingerprint density at radius 3 is 2.24 bits per heavy atom. The summed E-state index contributed by atoms with van der Waals surface area (Å²) in [6.45, 7) is 3.49. The highest BCUT2D eigenvalue weighted by atomic mass is 16.5. The van der Waals surface area contributed by atoms with Gasteiger partial charge in [-0.25, -0.2) is 4.79 Å². The molecule has 0 spiro atoms. The van der Waals surface area contributed by atoms with Crippen LogP contribution in [0.1, 0.15) is 41.8 Å². The van der Waals surface area contributed by atoms with E-state index in [0.29, 0.717) is 18.4 Å². The average molecular weight is 394 g/mol. The molecule has 0 radical (unpaired) electrons. The lowest BCUT2D eigenvalue weighted by atomic mass is 9.93. The zero-order valence-electron chi connectivity index (χ0n) is 17.0. The lowest BCUT2D eigenvalue weighted by Crippen LogP contribution is -2.44. The number of carbonyl (C=O) groups is 3. The molecule has 0 unspecified atom stereocenters. The predicted molar refractivity (Wildman–Crippen MR) is 110 cm³/mol. The van der Waals surface area contributed by atoms with Gasteiger partial charge < -0.3 is 10.1 Å². The van der Waals surface area contributed by atoms with Crippen LogP contribution in [0.5, 0.6) is 5.75 Å². The fourth-order valence-corrected chi connectivity index (χ4v) is 3.41. The summed E-state index contributed by atoms with van der Waals surface area (Å²) in [4.78, 5) is 38.9. The molecule has 0 saturated carbocycles. The van der Waals surface area contributed by atoms with E-state index in [4.69, 9.17) is 4.74 Å². The molecule has 2 aromatic rings. The summed E-state index contributed by atoms with van der Waals surface area (Å²) in [6, 6.07) is 14.3. The highest BCUT2D eigenvalue weighted by Gasteiger charge is 2.47. The van der Waals surface area contributed by atoms with Crippen molar-refractivity contribution < 1.29 is 19.1 Å². The fourth-order valence-electron chi connectivity index (χ4n) is 3.41. The van der Waals surface area contributed by atoms with Crippen molar-refractivity contribution in [2.24, 2.45) is 0 Å². The molecule has 3 rings (SSSR count). The van der Waals surface area contributed by atoms with Gasteiger partial charge in [0.05, 0.1) is 13.7 Å². The van der Waals surface area contributed by atoms with Gasteiger partial charge in [-0.15, -0.1) is 0 Å². The number of methoxy groups -OCH3 is 1. The van der Waals surface area contributed by atoms with Gasteiger partial charge in [0, 0.05) is 5.56 Å². The van der Waals surface area contributed by atoms with Gasteiger partial charge in [-0.2, -0.15) is 0 Å². The molecular weight excluding hydrogens is 368 g/mol. The SMILES string of the molecule is CCc1ccc(C(=O)CN2C(=O)N[C@@](C)(CCc3ccc(OC)cc3)C2=O)cc1. The summed E-state index contributed by atoms with van der Waals surface area (Å²) in [5.74, 6) is 0.145. The number of hydrogen-bond acceptors (Lipinski definition) is 4. The van der Waals surface area contributed by atoms with Crippen LogP contribution in [0.4, 0.5) is 4.79 Å². The van der Waals surface area contributed by atoms with E-state index in [1.54, 1.807) is 26.2 Å². The number of nitrogens with one attached hydrogen (secondary N) is 1. The van der Waals surface area contributed by atoms with Crippen molar-refractivity contribution >= 4 is 17.7 Å². The Labute approximate surface area is 170 Å². The Hall–Kier alpha value is -3.15. The van der Waals surface area contributed by atoms with Gasteiger partial charge >= 0.3 is 6.03 Å². The molecule has 1 atom stereocenters. The van der Waals surface area contributed by atoms with E-state index in [-0.39, 0.29) is 18.2 Å². The molecule has 1 fully saturated rings. The van der Waals surface area contributed by atoms with Gasteiger partial charge in [0.1, 0.15) is 11.3 Å². The first-order valence-electron chi connectivity index (χ1n) is 9.75. The van der Waals surface area contributed by atoms with E-state index in [1.165, 1.54) is 0 Å². The van der Waals surface area contributed by atoms with E-state index in [0.717, 1.165) is 28.2 Å². The monoisotopic (exact) mass is 394 g/mol. The predicted octanol–water partition coefficient (Wildman–Crippen LogP) is 3.38. The van der Waals surface area contributed by atoms with Crippen molar-refractivity contribution in [2.45, 2.75) is 38.6 Å². The minimum atomic E-state index is -1.02. The number of hydrogen-bond donors (Lipinski definition) is 1. The quantitative estimate of drug-likeness (QED) is 0.550. The molecule has 0 aliphatic carbocycles. The van der Waals surface area contributed by atoms with Crippen LogP contribution < -0.4 is 10.1 Å². The molecule has 0 bridgehead atoms. The van der Waals surface area contributed by atoms with Crippen molar-refractivity contribution in [2.75, 3.05) is 13.7 Å². The van der Waals surface area contributed by atoms with Gasteiger partial charge in [0.2, 0.25) is 0 Å². The minimum absolute atomic E-state index is 0.254. The average Bonchev–Trinajstić information content (AvgIpc) is 2.96. The van der Waals surface area contributed by atoms with Crippen LogP contribution >= 0.6 is 0 Å². The van der Waals surface area contributed by atoms with Crippen LogP contribution in [0.2, 0.25) is 0 Å². The highest BCUT2D eigenvalue weighted by molar-refractivity contribution is 6.11. The normalized spacial score (nSPS) is 18.7. The van der Waals surface area contributed by atoms with Crippen LogP contribution in [0.25, 0.3) is 0 Å². The number of Topliss-reactive ketones (excluding diaryl/α,β-unsaturated/α-hetero) is 1. The number of benzene rings is 2. The van der Waals surface area contributed by atoms with Gasteiger partial charge in [-0.1, -0.05) is 43.3 Å². The summed E-state index contributed by atoms with van der Waals surface area (Å²) in [5, 5.41) is 2.76. The summed E-state index contributed by atoms with van der Waals surface area (Å²) in [6.07, 6.45) is 1.95. The Morgan fingerprint density at radius 1 is 1.03 bits per heavy atom. The zero-order valence-corrected chi connectivity index (χ0v) is 17.0. The number of nitrogens with zero attached hydrogens (tertiary/aromatic N) is 1. The second kappa shape index (κ2) is 8.47. The molecule has 3 amide bonds. The van der Waals surface area contributed by atoms with E-state index < -0.39 is 11.6 Å². The van der Waals surface area contributed by atoms with Gasteiger partial charge in [-0.3, -0.25) is 14.5 Å². The molecule has 1 heterocycles. The second-order valence-corrected chi connectivity index (χ2v) is 7.48. The van der Waals surface area contributed by atoms with Crippen molar-refractivity contribution in [1.82, 2.24) is 10.2 Å². The maximum Gasteiger partial charge on any atom is 0.325 e. The number of aryl methyl sites for hydroxylation is 2. The molecule has 6 nitrogen and oxygen atoms in total. The highest BCUT2D eigenvalue weighted by Crippen LogP contribution is 2.24. The molecule has 0 aromatic heterocycles. The third kappa shape index (κ3) is 4.47. The standard InChI is InChI=1S/C23H26N2O4/c1-4-16-5-9-18(10-6-16)20(26)15-25-21(27)23(2,24-22(25)28)14-13-17-7-11-19(29-3)12-8-17/h5-12H,4,13-15H2,1-3H3,(H,24,28)/t23-/m0/s1. The topological polar surface area (TPSA) is 75.7 Å². The number of ether oxygens (including phenoxy) is 1. The van der Waals surface area contributed by atoms with Crippen LogP contribution in [0, 0.1) is 0 Å². The zero-order chi connectivity index (χ0) is 21.0. The van der Waals surface area contributed by atoms with Gasteiger partial charge in [-0.05, 0) is 49.4 Å². The largest absolute Gasteiger partial charge is 0.497 e. The van der Waals surface area contributed by atoms with E-state index in [9.17, 15) is 14.4 Å². The van der Waals surface area contributed by atoms with Crippen molar-refractivity contribution in [3.63, 3.8) is 0 Å². The Bertz CT molecular complexity index is 905. The Balaban J connectivity index is 1.64. The number of imide groups is 1. The van der Waals surface area contributed by atoms with E-state index in [2.05, 4.69) is 5.32 Å². The molecule has 152 valence electrons.